The fourth-order valence-electron chi connectivity index (χ4n) is 2.28. The summed E-state index contributed by atoms with van der Waals surface area (Å²) >= 11 is 0. The lowest BCUT2D eigenvalue weighted by atomic mass is 10.1. The average molecular weight is 278 g/mol. The molecule has 0 spiro atoms. The fraction of sp³-hybridized carbons (Fsp3) is 0.438. The van der Waals surface area contributed by atoms with Gasteiger partial charge in [0.15, 0.2) is 11.6 Å². The van der Waals surface area contributed by atoms with E-state index in [9.17, 15) is 9.18 Å². The Morgan fingerprint density at radius 2 is 2.05 bits per heavy atom. The monoisotopic (exact) mass is 278 g/mol. The van der Waals surface area contributed by atoms with Gasteiger partial charge in [0.25, 0.3) is 0 Å². The van der Waals surface area contributed by atoms with Crippen LogP contribution in [0.3, 0.4) is 0 Å². The molecule has 2 rings (SSSR count). The van der Waals surface area contributed by atoms with E-state index in [2.05, 4.69) is 6.92 Å². The number of benzene rings is 1. The van der Waals surface area contributed by atoms with Gasteiger partial charge in [-0.25, -0.2) is 9.18 Å². The molecule has 4 heteroatoms. The quantitative estimate of drug-likeness (QED) is 0.748. The highest BCUT2D eigenvalue weighted by molar-refractivity contribution is 5.83. The van der Waals surface area contributed by atoms with Gasteiger partial charge in [0.05, 0.1) is 7.11 Å². The number of methoxy groups -OCH3 is 1. The van der Waals surface area contributed by atoms with Crippen LogP contribution in [0, 0.1) is 5.82 Å². The molecule has 2 aromatic rings. The van der Waals surface area contributed by atoms with Gasteiger partial charge in [-0.2, -0.15) is 0 Å². The standard InChI is InChI=1S/C16H19FO3/c1-3-4-5-6-7-12-10-11-8-9-13(19-2)15(17)14(11)16(18)20-12/h8-10H,3-7H2,1-2H3. The van der Waals surface area contributed by atoms with Crippen molar-refractivity contribution in [2.45, 2.75) is 39.0 Å². The third-order valence-corrected chi connectivity index (χ3v) is 3.38. The minimum atomic E-state index is -0.656. The second kappa shape index (κ2) is 6.55. The van der Waals surface area contributed by atoms with Crippen LogP contribution in [0.25, 0.3) is 10.8 Å². The van der Waals surface area contributed by atoms with Crippen LogP contribution >= 0.6 is 0 Å². The lowest BCUT2D eigenvalue weighted by molar-refractivity contribution is 0.387. The lowest BCUT2D eigenvalue weighted by Crippen LogP contribution is -2.05. The van der Waals surface area contributed by atoms with Crippen molar-refractivity contribution in [3.63, 3.8) is 0 Å². The number of rotatable bonds is 6. The highest BCUT2D eigenvalue weighted by Gasteiger charge is 2.13. The van der Waals surface area contributed by atoms with E-state index in [-0.39, 0.29) is 11.1 Å². The largest absolute Gasteiger partial charge is 0.494 e. The molecule has 20 heavy (non-hydrogen) atoms. The molecule has 1 aromatic heterocycles. The number of hydrogen-bond acceptors (Lipinski definition) is 3. The number of unbranched alkanes of at least 4 members (excludes halogenated alkanes) is 3. The van der Waals surface area contributed by atoms with Crippen molar-refractivity contribution in [2.24, 2.45) is 0 Å². The maximum Gasteiger partial charge on any atom is 0.346 e. The molecule has 0 aliphatic heterocycles. The molecule has 108 valence electrons. The molecule has 0 saturated heterocycles. The van der Waals surface area contributed by atoms with Crippen LogP contribution < -0.4 is 10.4 Å². The van der Waals surface area contributed by atoms with Crippen LogP contribution in [0.4, 0.5) is 4.39 Å². The molecule has 0 bridgehead atoms. The zero-order valence-electron chi connectivity index (χ0n) is 11.9. The van der Waals surface area contributed by atoms with Crippen molar-refractivity contribution in [2.75, 3.05) is 7.11 Å². The maximum absolute atomic E-state index is 14.0. The fourth-order valence-corrected chi connectivity index (χ4v) is 2.28. The zero-order chi connectivity index (χ0) is 14.5. The van der Waals surface area contributed by atoms with E-state index in [1.165, 1.54) is 19.6 Å². The molecular weight excluding hydrogens is 259 g/mol. The van der Waals surface area contributed by atoms with E-state index >= 15 is 0 Å². The van der Waals surface area contributed by atoms with Crippen molar-refractivity contribution >= 4 is 10.8 Å². The van der Waals surface area contributed by atoms with Crippen molar-refractivity contribution < 1.29 is 13.5 Å². The molecule has 0 atom stereocenters. The first-order valence-corrected chi connectivity index (χ1v) is 6.96. The van der Waals surface area contributed by atoms with Gasteiger partial charge in [-0.3, -0.25) is 0 Å². The molecular formula is C16H19FO3. The molecule has 0 unspecified atom stereocenters. The Morgan fingerprint density at radius 3 is 2.75 bits per heavy atom. The number of hydrogen-bond donors (Lipinski definition) is 0. The predicted molar refractivity (Wildman–Crippen MR) is 76.8 cm³/mol. The molecule has 0 N–H and O–H groups in total. The van der Waals surface area contributed by atoms with Crippen LogP contribution in [0.2, 0.25) is 0 Å². The average Bonchev–Trinajstić information content (AvgIpc) is 2.43. The normalized spacial score (nSPS) is 10.9. The van der Waals surface area contributed by atoms with Gasteiger partial charge in [-0.05, 0) is 23.9 Å². The van der Waals surface area contributed by atoms with Crippen molar-refractivity contribution in [3.8, 4) is 5.75 Å². The highest BCUT2D eigenvalue weighted by Crippen LogP contribution is 2.24. The van der Waals surface area contributed by atoms with Crippen molar-refractivity contribution in [3.05, 3.63) is 40.2 Å². The molecule has 0 amide bonds. The Kier molecular flexibility index (Phi) is 4.77. The van der Waals surface area contributed by atoms with E-state index in [1.807, 2.05) is 0 Å². The molecule has 0 saturated carbocycles. The smallest absolute Gasteiger partial charge is 0.346 e. The summed E-state index contributed by atoms with van der Waals surface area (Å²) in [5, 5.41) is 0.520. The van der Waals surface area contributed by atoms with E-state index < -0.39 is 11.4 Å². The van der Waals surface area contributed by atoms with Gasteiger partial charge < -0.3 is 9.15 Å². The third kappa shape index (κ3) is 3.00. The van der Waals surface area contributed by atoms with Gasteiger partial charge in [-0.15, -0.1) is 0 Å². The van der Waals surface area contributed by atoms with Gasteiger partial charge in [0, 0.05) is 6.42 Å². The third-order valence-electron chi connectivity index (χ3n) is 3.38. The second-order valence-corrected chi connectivity index (χ2v) is 4.86. The summed E-state index contributed by atoms with van der Waals surface area (Å²) in [6.07, 6.45) is 5.12. The minimum absolute atomic E-state index is 0.0401. The predicted octanol–water partition coefficient (Wildman–Crippen LogP) is 4.06. The summed E-state index contributed by atoms with van der Waals surface area (Å²) < 4.78 is 24.1. The van der Waals surface area contributed by atoms with Gasteiger partial charge in [-0.1, -0.05) is 32.3 Å². The first-order chi connectivity index (χ1) is 9.67. The number of aryl methyl sites for hydroxylation is 1. The van der Waals surface area contributed by atoms with Crippen molar-refractivity contribution in [1.82, 2.24) is 0 Å². The van der Waals surface area contributed by atoms with Gasteiger partial charge in [0.2, 0.25) is 0 Å². The lowest BCUT2D eigenvalue weighted by Gasteiger charge is -2.06. The molecule has 1 aromatic carbocycles. The van der Waals surface area contributed by atoms with Crippen LogP contribution in [-0.2, 0) is 6.42 Å². The zero-order valence-corrected chi connectivity index (χ0v) is 11.9. The molecule has 0 aliphatic carbocycles. The summed E-state index contributed by atoms with van der Waals surface area (Å²) in [7, 11) is 1.37. The Bertz CT molecular complexity index is 646. The van der Waals surface area contributed by atoms with E-state index in [0.717, 1.165) is 19.3 Å². The summed E-state index contributed by atoms with van der Waals surface area (Å²) in [6, 6.07) is 4.95. The van der Waals surface area contributed by atoms with Crippen molar-refractivity contribution in [1.29, 1.82) is 0 Å². The molecule has 1 heterocycles. The molecule has 0 fully saturated rings. The van der Waals surface area contributed by atoms with E-state index in [1.54, 1.807) is 12.1 Å². The maximum atomic E-state index is 14.0. The molecule has 3 nitrogen and oxygen atoms in total. The molecule has 0 aliphatic rings. The minimum Gasteiger partial charge on any atom is -0.494 e. The number of fused-ring (bicyclic) bond motifs is 1. The number of ether oxygens (including phenoxy) is 1. The van der Waals surface area contributed by atoms with E-state index in [4.69, 9.17) is 9.15 Å². The first kappa shape index (κ1) is 14.6. The van der Waals surface area contributed by atoms with E-state index in [0.29, 0.717) is 17.6 Å². The van der Waals surface area contributed by atoms with Crippen LogP contribution in [0.15, 0.2) is 27.4 Å². The summed E-state index contributed by atoms with van der Waals surface area (Å²) in [4.78, 5) is 11.9. The second-order valence-electron chi connectivity index (χ2n) is 4.86. The Labute approximate surface area is 117 Å². The topological polar surface area (TPSA) is 39.4 Å². The first-order valence-electron chi connectivity index (χ1n) is 6.96. The van der Waals surface area contributed by atoms with Crippen LogP contribution in [-0.4, -0.2) is 7.11 Å². The summed E-state index contributed by atoms with van der Waals surface area (Å²) in [5.74, 6) is 0.0138. The highest BCUT2D eigenvalue weighted by atomic mass is 19.1. The Morgan fingerprint density at radius 1 is 1.25 bits per heavy atom. The Balaban J connectivity index is 2.31. The Hall–Kier alpha value is -1.84. The van der Waals surface area contributed by atoms with Crippen LogP contribution in [0.5, 0.6) is 5.75 Å². The number of halogens is 1. The SMILES string of the molecule is CCCCCCc1cc2ccc(OC)c(F)c2c(=O)o1. The van der Waals surface area contributed by atoms with Crippen LogP contribution in [0.1, 0.15) is 38.4 Å². The summed E-state index contributed by atoms with van der Waals surface area (Å²) in [6.45, 7) is 2.15. The van der Waals surface area contributed by atoms with Gasteiger partial charge in [0.1, 0.15) is 11.1 Å². The van der Waals surface area contributed by atoms with Gasteiger partial charge >= 0.3 is 5.63 Å². The summed E-state index contributed by atoms with van der Waals surface area (Å²) in [5.41, 5.74) is -0.635. The molecule has 0 radical (unpaired) electrons.